The smallest absolute Gasteiger partial charge is 0.134 e. The average molecular weight is 193 g/mol. The number of carbonyl (C=O) groups is 1. The molecule has 0 fully saturated rings. The first kappa shape index (κ1) is 11.0. The van der Waals surface area contributed by atoms with Crippen molar-refractivity contribution in [3.05, 3.63) is 23.0 Å². The van der Waals surface area contributed by atoms with E-state index in [9.17, 15) is 4.79 Å². The number of hydrogen-bond donors (Lipinski definition) is 0. The van der Waals surface area contributed by atoms with Crippen LogP contribution in [-0.2, 0) is 11.2 Å². The van der Waals surface area contributed by atoms with Crippen LogP contribution in [0.15, 0.2) is 6.07 Å². The van der Waals surface area contributed by atoms with Crippen LogP contribution < -0.4 is 0 Å². The van der Waals surface area contributed by atoms with Gasteiger partial charge in [0.2, 0.25) is 0 Å². The van der Waals surface area contributed by atoms with E-state index < -0.39 is 0 Å². The second-order valence-electron chi connectivity index (χ2n) is 4.24. The standard InChI is InChI=1S/C12H19NO/c1-8(2)13-9(3)6-12(11(13)5)7-10(4)14/h6,8H,7H2,1-5H3. The number of Topliss-reactive ketones (excluding diaryl/α,β-unsaturated/α-hetero) is 1. The molecule has 0 N–H and O–H groups in total. The zero-order valence-corrected chi connectivity index (χ0v) is 9.72. The Balaban J connectivity index is 3.10. The van der Waals surface area contributed by atoms with Crippen molar-refractivity contribution in [3.63, 3.8) is 0 Å². The molecule has 0 saturated carbocycles. The van der Waals surface area contributed by atoms with E-state index in [4.69, 9.17) is 0 Å². The van der Waals surface area contributed by atoms with Crippen LogP contribution >= 0.6 is 0 Å². The molecular weight excluding hydrogens is 174 g/mol. The van der Waals surface area contributed by atoms with Gasteiger partial charge in [-0.15, -0.1) is 0 Å². The van der Waals surface area contributed by atoms with Crippen LogP contribution in [0.4, 0.5) is 0 Å². The molecule has 2 heteroatoms. The fourth-order valence-electron chi connectivity index (χ4n) is 2.09. The predicted octanol–water partition coefficient (Wildman–Crippen LogP) is 2.82. The molecule has 0 saturated heterocycles. The Hall–Kier alpha value is -1.05. The summed E-state index contributed by atoms with van der Waals surface area (Å²) >= 11 is 0. The number of rotatable bonds is 3. The summed E-state index contributed by atoms with van der Waals surface area (Å²) in [6.07, 6.45) is 0.562. The molecule has 1 aromatic rings. The van der Waals surface area contributed by atoms with Crippen molar-refractivity contribution in [2.24, 2.45) is 0 Å². The predicted molar refractivity (Wildman–Crippen MR) is 58.7 cm³/mol. The monoisotopic (exact) mass is 193 g/mol. The van der Waals surface area contributed by atoms with Gasteiger partial charge in [0.1, 0.15) is 5.78 Å². The highest BCUT2D eigenvalue weighted by Crippen LogP contribution is 2.20. The summed E-state index contributed by atoms with van der Waals surface area (Å²) in [5.41, 5.74) is 3.64. The molecule has 1 heterocycles. The normalized spacial score (nSPS) is 11.0. The molecule has 0 aliphatic rings. The average Bonchev–Trinajstić information content (AvgIpc) is 2.25. The first-order valence-corrected chi connectivity index (χ1v) is 5.10. The Morgan fingerprint density at radius 3 is 2.36 bits per heavy atom. The summed E-state index contributed by atoms with van der Waals surface area (Å²) in [4.78, 5) is 11.0. The summed E-state index contributed by atoms with van der Waals surface area (Å²) in [6.45, 7) is 10.2. The molecule has 0 bridgehead atoms. The summed E-state index contributed by atoms with van der Waals surface area (Å²) in [7, 11) is 0. The summed E-state index contributed by atoms with van der Waals surface area (Å²) < 4.78 is 2.28. The van der Waals surface area contributed by atoms with Gasteiger partial charge >= 0.3 is 0 Å². The largest absolute Gasteiger partial charge is 0.346 e. The van der Waals surface area contributed by atoms with Crippen molar-refractivity contribution < 1.29 is 4.79 Å². The van der Waals surface area contributed by atoms with Gasteiger partial charge in [0, 0.05) is 23.9 Å². The summed E-state index contributed by atoms with van der Waals surface area (Å²) in [5.74, 6) is 0.231. The quantitative estimate of drug-likeness (QED) is 0.723. The molecule has 0 aliphatic carbocycles. The van der Waals surface area contributed by atoms with E-state index in [1.165, 1.54) is 17.0 Å². The van der Waals surface area contributed by atoms with E-state index in [2.05, 4.69) is 38.3 Å². The van der Waals surface area contributed by atoms with Crippen molar-refractivity contribution >= 4 is 5.78 Å². The van der Waals surface area contributed by atoms with Crippen LogP contribution in [-0.4, -0.2) is 10.4 Å². The molecule has 0 aromatic carbocycles. The highest BCUT2D eigenvalue weighted by molar-refractivity contribution is 5.78. The lowest BCUT2D eigenvalue weighted by Gasteiger charge is -2.13. The van der Waals surface area contributed by atoms with Gasteiger partial charge in [0.25, 0.3) is 0 Å². The van der Waals surface area contributed by atoms with E-state index in [1.54, 1.807) is 6.92 Å². The molecule has 0 unspecified atom stereocenters. The van der Waals surface area contributed by atoms with E-state index in [-0.39, 0.29) is 5.78 Å². The lowest BCUT2D eigenvalue weighted by molar-refractivity contribution is -0.116. The maximum atomic E-state index is 11.0. The second kappa shape index (κ2) is 3.99. The van der Waals surface area contributed by atoms with Gasteiger partial charge in [-0.1, -0.05) is 0 Å². The highest BCUT2D eigenvalue weighted by atomic mass is 16.1. The van der Waals surface area contributed by atoms with Crippen LogP contribution in [0.3, 0.4) is 0 Å². The molecule has 1 rings (SSSR count). The molecule has 2 nitrogen and oxygen atoms in total. The summed E-state index contributed by atoms with van der Waals surface area (Å²) in [6, 6.07) is 2.59. The number of ketones is 1. The van der Waals surface area contributed by atoms with E-state index in [0.717, 1.165) is 0 Å². The van der Waals surface area contributed by atoms with Gasteiger partial charge in [-0.2, -0.15) is 0 Å². The van der Waals surface area contributed by atoms with Crippen LogP contribution in [0.1, 0.15) is 43.8 Å². The van der Waals surface area contributed by atoms with Crippen LogP contribution in [0, 0.1) is 13.8 Å². The van der Waals surface area contributed by atoms with Crippen molar-refractivity contribution in [1.82, 2.24) is 4.57 Å². The van der Waals surface area contributed by atoms with Crippen molar-refractivity contribution in [2.75, 3.05) is 0 Å². The molecule has 0 aliphatic heterocycles. The topological polar surface area (TPSA) is 22.0 Å². The third-order valence-electron chi connectivity index (χ3n) is 2.54. The molecule has 0 atom stereocenters. The maximum Gasteiger partial charge on any atom is 0.134 e. The van der Waals surface area contributed by atoms with Crippen LogP contribution in [0.2, 0.25) is 0 Å². The Morgan fingerprint density at radius 1 is 1.43 bits per heavy atom. The van der Waals surface area contributed by atoms with Crippen molar-refractivity contribution in [2.45, 2.75) is 47.1 Å². The first-order valence-electron chi connectivity index (χ1n) is 5.10. The number of carbonyl (C=O) groups excluding carboxylic acids is 1. The van der Waals surface area contributed by atoms with Crippen molar-refractivity contribution in [1.29, 1.82) is 0 Å². The van der Waals surface area contributed by atoms with Gasteiger partial charge in [-0.05, 0) is 46.2 Å². The van der Waals surface area contributed by atoms with Gasteiger partial charge < -0.3 is 4.57 Å². The molecule has 1 aromatic heterocycles. The lowest BCUT2D eigenvalue weighted by atomic mass is 10.1. The lowest BCUT2D eigenvalue weighted by Crippen LogP contribution is -2.06. The molecule has 78 valence electrons. The Morgan fingerprint density at radius 2 is 2.00 bits per heavy atom. The van der Waals surface area contributed by atoms with Gasteiger partial charge in [0.05, 0.1) is 0 Å². The van der Waals surface area contributed by atoms with Crippen LogP contribution in [0.25, 0.3) is 0 Å². The molecule has 0 amide bonds. The van der Waals surface area contributed by atoms with Gasteiger partial charge in [-0.3, -0.25) is 4.79 Å². The second-order valence-corrected chi connectivity index (χ2v) is 4.24. The van der Waals surface area contributed by atoms with E-state index in [1.807, 2.05) is 0 Å². The summed E-state index contributed by atoms with van der Waals surface area (Å²) in [5, 5.41) is 0. The third-order valence-corrected chi connectivity index (χ3v) is 2.54. The molecule has 0 spiro atoms. The number of aromatic nitrogens is 1. The van der Waals surface area contributed by atoms with E-state index in [0.29, 0.717) is 12.5 Å². The zero-order chi connectivity index (χ0) is 10.9. The Labute approximate surface area is 85.9 Å². The minimum absolute atomic E-state index is 0.231. The molecular formula is C12H19NO. The van der Waals surface area contributed by atoms with Crippen molar-refractivity contribution in [3.8, 4) is 0 Å². The SMILES string of the molecule is CC(=O)Cc1cc(C)n(C(C)C)c1C. The first-order chi connectivity index (χ1) is 6.43. The fraction of sp³-hybridized carbons (Fsp3) is 0.583. The van der Waals surface area contributed by atoms with Gasteiger partial charge in [-0.25, -0.2) is 0 Å². The number of nitrogens with zero attached hydrogens (tertiary/aromatic N) is 1. The number of hydrogen-bond acceptors (Lipinski definition) is 1. The molecule has 0 radical (unpaired) electrons. The maximum absolute atomic E-state index is 11.0. The minimum atomic E-state index is 0.231. The Kier molecular flexibility index (Phi) is 3.14. The van der Waals surface area contributed by atoms with Crippen LogP contribution in [0.5, 0.6) is 0 Å². The number of aryl methyl sites for hydroxylation is 1. The Bertz CT molecular complexity index is 347. The highest BCUT2D eigenvalue weighted by Gasteiger charge is 2.11. The molecule has 14 heavy (non-hydrogen) atoms. The van der Waals surface area contributed by atoms with Gasteiger partial charge in [0.15, 0.2) is 0 Å². The fourth-order valence-corrected chi connectivity index (χ4v) is 2.09. The minimum Gasteiger partial charge on any atom is -0.346 e. The zero-order valence-electron chi connectivity index (χ0n) is 9.72. The third kappa shape index (κ3) is 2.06. The van der Waals surface area contributed by atoms with E-state index >= 15 is 0 Å².